The molecule has 0 spiro atoms. The summed E-state index contributed by atoms with van der Waals surface area (Å²) < 4.78 is 0. The summed E-state index contributed by atoms with van der Waals surface area (Å²) in [6.07, 6.45) is 0. The molecule has 0 aliphatic heterocycles. The van der Waals surface area contributed by atoms with Crippen molar-refractivity contribution in [1.82, 2.24) is 0 Å². The molecule has 0 saturated carbocycles. The molecule has 0 fully saturated rings. The van der Waals surface area contributed by atoms with Crippen LogP contribution in [0.25, 0.3) is 22.3 Å². The van der Waals surface area contributed by atoms with Gasteiger partial charge in [0.25, 0.3) is 0 Å². The zero-order chi connectivity index (χ0) is 38.6. The van der Waals surface area contributed by atoms with Gasteiger partial charge in [0.2, 0.25) is 0 Å². The van der Waals surface area contributed by atoms with Gasteiger partial charge in [-0.05, 0) is 129 Å². The van der Waals surface area contributed by atoms with Crippen molar-refractivity contribution in [3.63, 3.8) is 0 Å². The Morgan fingerprint density at radius 3 is 0.857 bits per heavy atom. The van der Waals surface area contributed by atoms with E-state index in [4.69, 9.17) is 0 Å². The maximum atomic E-state index is 9.92. The number of fused-ring (bicyclic) bond motifs is 6. The van der Waals surface area contributed by atoms with Crippen molar-refractivity contribution in [2.75, 3.05) is 0 Å². The molecule has 4 heteroatoms. The number of phenolic OH excluding ortho intramolecular Hbond substituents is 4. The second-order valence-electron chi connectivity index (χ2n) is 14.9. The molecule has 8 aromatic rings. The van der Waals surface area contributed by atoms with Gasteiger partial charge in [0.05, 0.1) is 10.8 Å². The first kappa shape index (κ1) is 34.7. The van der Waals surface area contributed by atoms with Crippen molar-refractivity contribution in [2.45, 2.75) is 24.7 Å². The first-order valence-corrected chi connectivity index (χ1v) is 18.8. The fraction of sp³-hybridized carbons (Fsp3) is 0.0769. The molecule has 0 radical (unpaired) electrons. The van der Waals surface area contributed by atoms with Crippen LogP contribution in [0.1, 0.15) is 55.6 Å². The number of hydrogen-bond donors (Lipinski definition) is 4. The first-order chi connectivity index (χ1) is 27.2. The highest BCUT2D eigenvalue weighted by Crippen LogP contribution is 2.58. The van der Waals surface area contributed by atoms with Gasteiger partial charge >= 0.3 is 0 Å². The summed E-state index contributed by atoms with van der Waals surface area (Å²) >= 11 is 0. The van der Waals surface area contributed by atoms with Crippen LogP contribution in [-0.4, -0.2) is 20.4 Å². The molecule has 0 amide bonds. The maximum Gasteiger partial charge on any atom is 0.115 e. The Morgan fingerprint density at radius 2 is 0.554 bits per heavy atom. The van der Waals surface area contributed by atoms with E-state index in [-0.39, 0.29) is 23.0 Å². The van der Waals surface area contributed by atoms with Crippen LogP contribution >= 0.6 is 0 Å². The Morgan fingerprint density at radius 1 is 0.286 bits per heavy atom. The highest BCUT2D eigenvalue weighted by molar-refractivity contribution is 5.88. The monoisotopic (exact) mass is 728 g/mol. The third kappa shape index (κ3) is 5.29. The van der Waals surface area contributed by atoms with Crippen molar-refractivity contribution in [1.29, 1.82) is 0 Å². The number of aromatic hydroxyl groups is 4. The molecule has 0 atom stereocenters. The Kier molecular flexibility index (Phi) is 8.28. The first-order valence-electron chi connectivity index (χ1n) is 18.8. The van der Waals surface area contributed by atoms with Gasteiger partial charge in [0, 0.05) is 0 Å². The minimum absolute atomic E-state index is 0.249. The van der Waals surface area contributed by atoms with E-state index < -0.39 is 10.8 Å². The highest BCUT2D eigenvalue weighted by Gasteiger charge is 2.47. The molecule has 4 nitrogen and oxygen atoms in total. The molecule has 272 valence electrons. The third-order valence-electron chi connectivity index (χ3n) is 11.6. The molecule has 0 heterocycles. The van der Waals surface area contributed by atoms with E-state index in [0.29, 0.717) is 0 Å². The van der Waals surface area contributed by atoms with Crippen molar-refractivity contribution >= 4 is 0 Å². The lowest BCUT2D eigenvalue weighted by Gasteiger charge is -2.34. The summed E-state index contributed by atoms with van der Waals surface area (Å²) in [4.78, 5) is 0. The average molecular weight is 729 g/mol. The quantitative estimate of drug-likeness (QED) is 0.145. The molecule has 4 N–H and O–H groups in total. The van der Waals surface area contributed by atoms with Gasteiger partial charge in [0.1, 0.15) is 23.0 Å². The second-order valence-corrected chi connectivity index (χ2v) is 14.9. The third-order valence-corrected chi connectivity index (χ3v) is 11.6. The number of aryl methyl sites for hydroxylation is 2. The van der Waals surface area contributed by atoms with Crippen molar-refractivity contribution in [3.05, 3.63) is 238 Å². The van der Waals surface area contributed by atoms with Crippen molar-refractivity contribution in [3.8, 4) is 45.3 Å². The summed E-state index contributed by atoms with van der Waals surface area (Å²) in [5.74, 6) is 1.00. The summed E-state index contributed by atoms with van der Waals surface area (Å²) in [5.41, 5.74) is 15.6. The Balaban J connectivity index is 0.000000147. The van der Waals surface area contributed by atoms with Crippen LogP contribution in [0.5, 0.6) is 23.0 Å². The Bertz CT molecular complexity index is 2540. The molecule has 56 heavy (non-hydrogen) atoms. The molecular formula is C52H40O4. The largest absolute Gasteiger partial charge is 0.508 e. The summed E-state index contributed by atoms with van der Waals surface area (Å²) in [5, 5.41) is 39.5. The summed E-state index contributed by atoms with van der Waals surface area (Å²) in [7, 11) is 0. The average Bonchev–Trinajstić information content (AvgIpc) is 3.67. The van der Waals surface area contributed by atoms with Crippen LogP contribution in [0, 0.1) is 13.8 Å². The van der Waals surface area contributed by atoms with Gasteiger partial charge in [-0.2, -0.15) is 0 Å². The van der Waals surface area contributed by atoms with E-state index in [2.05, 4.69) is 98.8 Å². The fourth-order valence-corrected chi connectivity index (χ4v) is 9.22. The predicted molar refractivity (Wildman–Crippen MR) is 224 cm³/mol. The molecule has 2 aliphatic carbocycles. The van der Waals surface area contributed by atoms with Crippen LogP contribution in [-0.2, 0) is 10.8 Å². The number of phenols is 4. The zero-order valence-corrected chi connectivity index (χ0v) is 31.1. The predicted octanol–water partition coefficient (Wildman–Crippen LogP) is 11.5. The van der Waals surface area contributed by atoms with E-state index >= 15 is 0 Å². The molecule has 0 bridgehead atoms. The smallest absolute Gasteiger partial charge is 0.115 e. The van der Waals surface area contributed by atoms with E-state index in [9.17, 15) is 20.4 Å². The van der Waals surface area contributed by atoms with Crippen LogP contribution in [0.15, 0.2) is 182 Å². The second kappa shape index (κ2) is 13.4. The van der Waals surface area contributed by atoms with Crippen LogP contribution in [0.3, 0.4) is 0 Å². The molecule has 0 saturated heterocycles. The minimum atomic E-state index is -0.506. The highest BCUT2D eigenvalue weighted by atomic mass is 16.3. The lowest BCUT2D eigenvalue weighted by molar-refractivity contribution is 0.473. The van der Waals surface area contributed by atoms with Crippen molar-refractivity contribution < 1.29 is 20.4 Å². The van der Waals surface area contributed by atoms with E-state index in [1.807, 2.05) is 48.5 Å². The van der Waals surface area contributed by atoms with Gasteiger partial charge in [0.15, 0.2) is 0 Å². The summed E-state index contributed by atoms with van der Waals surface area (Å²) in [6.45, 7) is 4.24. The molecule has 2 aliphatic rings. The zero-order valence-electron chi connectivity index (χ0n) is 31.1. The van der Waals surface area contributed by atoms with E-state index in [1.54, 1.807) is 48.5 Å². The van der Waals surface area contributed by atoms with E-state index in [0.717, 1.165) is 22.3 Å². The van der Waals surface area contributed by atoms with Gasteiger partial charge < -0.3 is 20.4 Å². The molecule has 0 unspecified atom stereocenters. The standard InChI is InChI=1S/C27H22O2.C25H18O2/c1-17-3-13-25-23(15-17)24-16-18(2)4-14-26(24)27(25,19-5-9-21(28)10-6-19)20-7-11-22(29)12-8-20;26-19-13-9-17(10-14-19)25(18-11-15-20(27)16-12-18)23-7-3-1-5-21(23)22-6-2-4-8-24(22)25/h3-16,28-29H,1-2H3;1-16,26-27H. The minimum Gasteiger partial charge on any atom is -0.508 e. The number of benzene rings is 8. The van der Waals surface area contributed by atoms with Crippen LogP contribution in [0.4, 0.5) is 0 Å². The lowest BCUT2D eigenvalue weighted by atomic mass is 9.67. The SMILES string of the molecule is Cc1ccc2c(c1)-c1cc(C)ccc1C2(c1ccc(O)cc1)c1ccc(O)cc1.Oc1ccc(C2(c3ccc(O)cc3)c3ccccc3-c3ccccc32)cc1. The Labute approximate surface area is 326 Å². The molecule has 10 rings (SSSR count). The topological polar surface area (TPSA) is 80.9 Å². The van der Waals surface area contributed by atoms with E-state index in [1.165, 1.54) is 55.6 Å². The molecular weight excluding hydrogens is 689 g/mol. The number of hydrogen-bond acceptors (Lipinski definition) is 4. The van der Waals surface area contributed by atoms with Gasteiger partial charge in [-0.25, -0.2) is 0 Å². The molecule has 8 aromatic carbocycles. The maximum absolute atomic E-state index is 9.92. The lowest BCUT2D eigenvalue weighted by Crippen LogP contribution is -2.28. The van der Waals surface area contributed by atoms with Gasteiger partial charge in [-0.1, -0.05) is 145 Å². The van der Waals surface area contributed by atoms with Crippen LogP contribution < -0.4 is 0 Å². The fourth-order valence-electron chi connectivity index (χ4n) is 9.22. The normalized spacial score (nSPS) is 13.8. The summed E-state index contributed by atoms with van der Waals surface area (Å²) in [6, 6.07) is 60.1. The molecule has 0 aromatic heterocycles. The van der Waals surface area contributed by atoms with Crippen LogP contribution in [0.2, 0.25) is 0 Å². The number of rotatable bonds is 4. The van der Waals surface area contributed by atoms with Gasteiger partial charge in [-0.15, -0.1) is 0 Å². The Hall–Kier alpha value is -7.04. The van der Waals surface area contributed by atoms with Gasteiger partial charge in [-0.3, -0.25) is 0 Å². The van der Waals surface area contributed by atoms with Crippen molar-refractivity contribution in [2.24, 2.45) is 0 Å².